The van der Waals surface area contributed by atoms with Gasteiger partial charge in [-0.2, -0.15) is 0 Å². The van der Waals surface area contributed by atoms with Crippen molar-refractivity contribution in [2.24, 2.45) is 0 Å². The molecule has 0 aliphatic heterocycles. The lowest BCUT2D eigenvalue weighted by Crippen LogP contribution is -2.26. The number of fused-ring (bicyclic) bond motifs is 11. The summed E-state index contributed by atoms with van der Waals surface area (Å²) in [6.07, 6.45) is 11.4. The molecule has 1 aliphatic rings. The molecule has 0 radical (unpaired) electrons. The van der Waals surface area contributed by atoms with Gasteiger partial charge in [-0.1, -0.05) is 295 Å². The van der Waals surface area contributed by atoms with Crippen LogP contribution < -0.4 is 9.80 Å². The van der Waals surface area contributed by atoms with Gasteiger partial charge in [-0.25, -0.2) is 0 Å². The van der Waals surface area contributed by atoms with Crippen molar-refractivity contribution in [1.29, 1.82) is 0 Å². The second-order valence-electron chi connectivity index (χ2n) is 35.7. The summed E-state index contributed by atoms with van der Waals surface area (Å²) < 4.78 is 7.18. The minimum atomic E-state index is -0.335. The molecule has 560 valence electrons. The molecule has 16 rings (SSSR count). The van der Waals surface area contributed by atoms with Crippen LogP contribution in [-0.4, -0.2) is 9.13 Å². The van der Waals surface area contributed by atoms with Crippen LogP contribution in [0.3, 0.4) is 0 Å². The Kier molecular flexibility index (Phi) is 20.2. The number of halogens is 2. The number of benzene rings is 13. The maximum atomic E-state index is 3.81. The first-order chi connectivity index (χ1) is 53.3. The Hall–Kier alpha value is -9.72. The molecule has 1 aliphatic carbocycles. The van der Waals surface area contributed by atoms with Gasteiger partial charge < -0.3 is 18.9 Å². The third kappa shape index (κ3) is 14.3. The molecule has 0 bridgehead atoms. The Morgan fingerprint density at radius 1 is 0.297 bits per heavy atom. The normalized spacial score (nSPS) is 13.1. The Morgan fingerprint density at radius 2 is 0.685 bits per heavy atom. The molecular formula is C105H106Br2N4. The van der Waals surface area contributed by atoms with Crippen LogP contribution >= 0.6 is 31.9 Å². The fraction of sp³-hybridized carbons (Fsp3) is 0.276. The van der Waals surface area contributed by atoms with Crippen molar-refractivity contribution in [2.45, 2.75) is 188 Å². The van der Waals surface area contributed by atoms with Crippen molar-refractivity contribution in [3.63, 3.8) is 0 Å². The van der Waals surface area contributed by atoms with E-state index in [0.717, 1.165) is 74.4 Å². The predicted molar refractivity (Wildman–Crippen MR) is 487 cm³/mol. The van der Waals surface area contributed by atoms with E-state index in [-0.39, 0.29) is 27.1 Å². The molecule has 0 fully saturated rings. The summed E-state index contributed by atoms with van der Waals surface area (Å²) in [7, 11) is 0. The number of aromatic nitrogens is 2. The quantitative estimate of drug-likeness (QED) is 0.0707. The van der Waals surface area contributed by atoms with E-state index >= 15 is 0 Å². The van der Waals surface area contributed by atoms with Gasteiger partial charge in [0.2, 0.25) is 0 Å². The van der Waals surface area contributed by atoms with E-state index in [2.05, 4.69) is 415 Å². The Balaban J connectivity index is 0.921. The average molecular weight is 1580 g/mol. The summed E-state index contributed by atoms with van der Waals surface area (Å²) in [5, 5.41) is 7.64. The van der Waals surface area contributed by atoms with Gasteiger partial charge in [0.1, 0.15) is 0 Å². The van der Waals surface area contributed by atoms with Crippen LogP contribution in [0.25, 0.3) is 99.1 Å². The van der Waals surface area contributed by atoms with E-state index in [1.54, 1.807) is 0 Å². The molecule has 0 saturated carbocycles. The predicted octanol–water partition coefficient (Wildman–Crippen LogP) is 32.2. The van der Waals surface area contributed by atoms with Crippen LogP contribution in [0.2, 0.25) is 0 Å². The van der Waals surface area contributed by atoms with Crippen molar-refractivity contribution >= 4 is 120 Å². The monoisotopic (exact) mass is 1580 g/mol. The zero-order valence-electron chi connectivity index (χ0n) is 67.5. The minimum absolute atomic E-state index is 0.0151. The summed E-state index contributed by atoms with van der Waals surface area (Å²) in [4.78, 5) is 5.16. The molecule has 0 amide bonds. The van der Waals surface area contributed by atoms with E-state index in [4.69, 9.17) is 0 Å². The molecule has 2 heterocycles. The zero-order valence-corrected chi connectivity index (χ0v) is 70.7. The largest absolute Gasteiger partial charge is 0.310 e. The highest BCUT2D eigenvalue weighted by Gasteiger charge is 2.45. The van der Waals surface area contributed by atoms with Crippen molar-refractivity contribution in [3.05, 3.63) is 309 Å². The molecule has 6 heteroatoms. The first-order valence-electron chi connectivity index (χ1n) is 40.7. The maximum Gasteiger partial charge on any atom is 0.0543 e. The third-order valence-electron chi connectivity index (χ3n) is 24.0. The Bertz CT molecular complexity index is 5860. The summed E-state index contributed by atoms with van der Waals surface area (Å²) in [6, 6.07) is 103. The van der Waals surface area contributed by atoms with Crippen LogP contribution in [0.4, 0.5) is 34.1 Å². The van der Waals surface area contributed by atoms with Gasteiger partial charge in [-0.3, -0.25) is 0 Å². The molecule has 2 aromatic heterocycles. The van der Waals surface area contributed by atoms with Gasteiger partial charge in [0.05, 0.1) is 27.8 Å². The fourth-order valence-corrected chi connectivity index (χ4v) is 18.6. The van der Waals surface area contributed by atoms with Crippen molar-refractivity contribution in [3.8, 4) is 44.8 Å². The highest BCUT2D eigenvalue weighted by molar-refractivity contribution is 9.10. The number of hydrogen-bond acceptors (Lipinski definition) is 2. The van der Waals surface area contributed by atoms with Gasteiger partial charge in [0.25, 0.3) is 0 Å². The smallest absolute Gasteiger partial charge is 0.0543 e. The number of unbranched alkanes of at least 4 members (excludes halogenated alkanes) is 6. The molecule has 0 spiro atoms. The highest BCUT2D eigenvalue weighted by atomic mass is 79.9. The lowest BCUT2D eigenvalue weighted by atomic mass is 9.70. The van der Waals surface area contributed by atoms with E-state index in [9.17, 15) is 0 Å². The number of nitrogens with zero attached hydrogens (tertiary/aromatic N) is 4. The lowest BCUT2D eigenvalue weighted by Gasteiger charge is -2.35. The number of rotatable bonds is 20. The van der Waals surface area contributed by atoms with Gasteiger partial charge in [-0.15, -0.1) is 0 Å². The Labute approximate surface area is 676 Å². The summed E-state index contributed by atoms with van der Waals surface area (Å²) in [5.41, 5.74) is 29.0. The standard InChI is InChI=1S/C105H106Br2N4/c1-15-17-19-23-57-105(58-24-20-18-16-2)93-67-85(108(79-47-39-69(40-48-79)71-29-25-31-77(106)59-71)81-33-27-35-83(65-81)110-95-53-43-73(101(3,4)5)61-89(95)90-62-74(102(6,7)8)44-54-96(90)110)51-52-88(93)100-87-38-22-21-37-86(87)99(68-94(100)105)109(80-49-41-70(42-50-80)72-30-26-32-78(107)60-72)82-34-28-36-84(66-82)111-97-55-45-75(103(9,10)11)63-91(97)92-64-76(104(12,13)14)46-56-98(92)111/h21-22,25-56,59-68H,15-20,23-24,57-58H2,1-14H3. The summed E-state index contributed by atoms with van der Waals surface area (Å²) in [5.74, 6) is 0. The van der Waals surface area contributed by atoms with Crippen LogP contribution in [0.5, 0.6) is 0 Å². The SMILES string of the molecule is CCCCCCC1(CCCCCC)c2cc(N(c3ccc(-c4cccc(Br)c4)cc3)c3cccc(-n4c5ccc(C(C)(C)C)cc5c5cc(C(C)(C)C)ccc54)c3)ccc2-c2c1cc(N(c1ccc(-c3cccc(Br)c3)cc1)c1cccc(-n3c4ccc(C(C)(C)C)cc4c4cc(C(C)(C)C)ccc43)c1)c1ccccc21. The summed E-state index contributed by atoms with van der Waals surface area (Å²) in [6.45, 7) is 32.7. The molecule has 111 heavy (non-hydrogen) atoms. The fourth-order valence-electron chi connectivity index (χ4n) is 17.8. The van der Waals surface area contributed by atoms with Crippen LogP contribution in [-0.2, 0) is 27.1 Å². The first-order valence-corrected chi connectivity index (χ1v) is 42.3. The van der Waals surface area contributed by atoms with Crippen LogP contribution in [0.15, 0.2) is 276 Å². The molecule has 0 atom stereocenters. The van der Waals surface area contributed by atoms with Gasteiger partial charge in [0, 0.05) is 81.1 Å². The van der Waals surface area contributed by atoms with Gasteiger partial charge in [-0.05, 0) is 258 Å². The minimum Gasteiger partial charge on any atom is -0.310 e. The lowest BCUT2D eigenvalue weighted by molar-refractivity contribution is 0.401. The van der Waals surface area contributed by atoms with E-state index in [1.807, 2.05) is 0 Å². The van der Waals surface area contributed by atoms with Crippen LogP contribution in [0.1, 0.15) is 195 Å². The number of hydrogen-bond donors (Lipinski definition) is 0. The molecule has 13 aromatic carbocycles. The van der Waals surface area contributed by atoms with Crippen molar-refractivity contribution in [2.75, 3.05) is 9.80 Å². The van der Waals surface area contributed by atoms with Gasteiger partial charge in [0.15, 0.2) is 0 Å². The molecule has 15 aromatic rings. The molecule has 0 N–H and O–H groups in total. The van der Waals surface area contributed by atoms with Crippen molar-refractivity contribution in [1.82, 2.24) is 9.13 Å². The molecular weight excluding hydrogens is 1480 g/mol. The third-order valence-corrected chi connectivity index (χ3v) is 25.0. The zero-order chi connectivity index (χ0) is 77.5. The summed E-state index contributed by atoms with van der Waals surface area (Å²) >= 11 is 7.61. The van der Waals surface area contributed by atoms with Gasteiger partial charge >= 0.3 is 0 Å². The topological polar surface area (TPSA) is 16.3 Å². The highest BCUT2D eigenvalue weighted by Crippen LogP contribution is 2.60. The van der Waals surface area contributed by atoms with Crippen LogP contribution in [0, 0.1) is 0 Å². The van der Waals surface area contributed by atoms with E-state index in [0.29, 0.717) is 0 Å². The first kappa shape index (κ1) is 75.3. The average Bonchev–Trinajstić information content (AvgIpc) is 1.56. The molecule has 0 unspecified atom stereocenters. The molecule has 0 saturated heterocycles. The second kappa shape index (κ2) is 29.7. The van der Waals surface area contributed by atoms with E-state index in [1.165, 1.54) is 165 Å². The van der Waals surface area contributed by atoms with E-state index < -0.39 is 0 Å². The maximum absolute atomic E-state index is 3.81. The number of anilines is 6. The second-order valence-corrected chi connectivity index (χ2v) is 37.6. The molecule has 4 nitrogen and oxygen atoms in total. The Morgan fingerprint density at radius 3 is 1.10 bits per heavy atom. The van der Waals surface area contributed by atoms with Crippen molar-refractivity contribution < 1.29 is 0 Å².